The highest BCUT2D eigenvalue weighted by molar-refractivity contribution is 7.99. The van der Waals surface area contributed by atoms with Gasteiger partial charge in [0.05, 0.1) is 10.9 Å². The molecule has 2 unspecified atom stereocenters. The molecule has 0 spiro atoms. The quantitative estimate of drug-likeness (QED) is 0.872. The fourth-order valence-electron chi connectivity index (χ4n) is 1.68. The molecule has 1 aromatic rings. The van der Waals surface area contributed by atoms with Gasteiger partial charge >= 0.3 is 12.1 Å². The minimum atomic E-state index is -4.38. The minimum Gasteiger partial charge on any atom is -0.480 e. The third-order valence-corrected chi connectivity index (χ3v) is 3.86. The van der Waals surface area contributed by atoms with Crippen LogP contribution in [-0.4, -0.2) is 22.9 Å². The van der Waals surface area contributed by atoms with Crippen LogP contribution in [0.5, 0.6) is 0 Å². The summed E-state index contributed by atoms with van der Waals surface area (Å²) in [5, 5.41) is 11.2. The van der Waals surface area contributed by atoms with E-state index >= 15 is 0 Å². The normalized spacial score (nSPS) is 24.2. The summed E-state index contributed by atoms with van der Waals surface area (Å²) in [4.78, 5) is 10.7. The Balaban J connectivity index is 2.18. The van der Waals surface area contributed by atoms with Crippen molar-refractivity contribution in [2.75, 3.05) is 5.75 Å². The molecular weight excluding hydrogens is 267 g/mol. The Labute approximate surface area is 105 Å². The number of hydrogen-bond acceptors (Lipinski definition) is 3. The van der Waals surface area contributed by atoms with Crippen LogP contribution in [0.2, 0.25) is 0 Å². The van der Waals surface area contributed by atoms with Crippen molar-refractivity contribution in [1.29, 1.82) is 0 Å². The molecule has 0 bridgehead atoms. The molecule has 7 heteroatoms. The number of benzene rings is 1. The van der Waals surface area contributed by atoms with Crippen molar-refractivity contribution in [3.8, 4) is 0 Å². The molecule has 98 valence electrons. The first-order chi connectivity index (χ1) is 8.38. The first-order valence-electron chi connectivity index (χ1n) is 5.15. The maximum atomic E-state index is 12.5. The number of carboxylic acids is 1. The Kier molecular flexibility index (Phi) is 3.54. The van der Waals surface area contributed by atoms with E-state index in [9.17, 15) is 18.0 Å². The summed E-state index contributed by atoms with van der Waals surface area (Å²) >= 11 is 1.29. The molecule has 1 aliphatic heterocycles. The van der Waals surface area contributed by atoms with Crippen molar-refractivity contribution in [3.05, 3.63) is 35.4 Å². The molecule has 2 rings (SSSR count). The number of alkyl halides is 3. The van der Waals surface area contributed by atoms with Gasteiger partial charge in [0.1, 0.15) is 6.04 Å². The highest BCUT2D eigenvalue weighted by atomic mass is 32.2. The van der Waals surface area contributed by atoms with E-state index in [0.717, 1.165) is 12.1 Å². The predicted molar refractivity (Wildman–Crippen MR) is 61.2 cm³/mol. The molecule has 1 saturated heterocycles. The van der Waals surface area contributed by atoms with E-state index < -0.39 is 29.1 Å². The lowest BCUT2D eigenvalue weighted by molar-refractivity contribution is -0.139. The van der Waals surface area contributed by atoms with Crippen LogP contribution in [0, 0.1) is 0 Å². The molecule has 0 amide bonds. The van der Waals surface area contributed by atoms with Crippen molar-refractivity contribution >= 4 is 17.7 Å². The number of carboxylic acid groups (broad SMARTS) is 1. The number of aliphatic carboxylic acids is 1. The number of carbonyl (C=O) groups is 1. The zero-order chi connectivity index (χ0) is 13.3. The van der Waals surface area contributed by atoms with Gasteiger partial charge in [0.2, 0.25) is 0 Å². The first-order valence-corrected chi connectivity index (χ1v) is 6.20. The molecule has 1 heterocycles. The first kappa shape index (κ1) is 13.2. The van der Waals surface area contributed by atoms with E-state index in [2.05, 4.69) is 5.32 Å². The molecule has 2 N–H and O–H groups in total. The third kappa shape index (κ3) is 2.78. The second kappa shape index (κ2) is 4.81. The topological polar surface area (TPSA) is 49.3 Å². The molecule has 0 saturated carbocycles. The standard InChI is InChI=1S/C11H10F3NO2S/c12-11(13,14)7-3-1-2-6(4-7)9-15-8(5-18-9)10(16)17/h1-4,8-9,15H,5H2,(H,16,17). The molecular formula is C11H10F3NO2S. The van der Waals surface area contributed by atoms with Crippen molar-refractivity contribution in [2.45, 2.75) is 17.6 Å². The fourth-order valence-corrected chi connectivity index (χ4v) is 2.91. The van der Waals surface area contributed by atoms with Crippen LogP contribution in [0.25, 0.3) is 0 Å². The van der Waals surface area contributed by atoms with Gasteiger partial charge in [-0.2, -0.15) is 13.2 Å². The van der Waals surface area contributed by atoms with Crippen LogP contribution in [0.1, 0.15) is 16.5 Å². The second-order valence-electron chi connectivity index (χ2n) is 3.89. The van der Waals surface area contributed by atoms with Gasteiger partial charge in [-0.25, -0.2) is 0 Å². The number of nitrogens with one attached hydrogen (secondary N) is 1. The van der Waals surface area contributed by atoms with Crippen LogP contribution in [-0.2, 0) is 11.0 Å². The Morgan fingerprint density at radius 3 is 2.72 bits per heavy atom. The van der Waals surface area contributed by atoms with E-state index in [0.29, 0.717) is 11.3 Å². The zero-order valence-corrected chi connectivity index (χ0v) is 9.89. The van der Waals surface area contributed by atoms with Crippen molar-refractivity contribution in [3.63, 3.8) is 0 Å². The summed E-state index contributed by atoms with van der Waals surface area (Å²) in [6.07, 6.45) is -4.38. The van der Waals surface area contributed by atoms with Crippen LogP contribution >= 0.6 is 11.8 Å². The van der Waals surface area contributed by atoms with Gasteiger partial charge in [-0.3, -0.25) is 10.1 Å². The van der Waals surface area contributed by atoms with E-state index in [1.807, 2.05) is 0 Å². The number of thioether (sulfide) groups is 1. The van der Waals surface area contributed by atoms with Gasteiger partial charge in [-0.1, -0.05) is 12.1 Å². The maximum absolute atomic E-state index is 12.5. The number of rotatable bonds is 2. The Morgan fingerprint density at radius 1 is 1.44 bits per heavy atom. The average molecular weight is 277 g/mol. The molecule has 2 atom stereocenters. The van der Waals surface area contributed by atoms with Crippen LogP contribution in [0.4, 0.5) is 13.2 Å². The molecule has 0 aliphatic carbocycles. The lowest BCUT2D eigenvalue weighted by Crippen LogP contribution is -2.33. The monoisotopic (exact) mass is 277 g/mol. The summed E-state index contributed by atoms with van der Waals surface area (Å²) in [5.41, 5.74) is -0.278. The summed E-state index contributed by atoms with van der Waals surface area (Å²) in [5.74, 6) is -0.645. The summed E-state index contributed by atoms with van der Waals surface area (Å²) in [6.45, 7) is 0. The van der Waals surface area contributed by atoms with E-state index in [1.165, 1.54) is 17.8 Å². The molecule has 18 heavy (non-hydrogen) atoms. The van der Waals surface area contributed by atoms with E-state index in [-0.39, 0.29) is 0 Å². The Bertz CT molecular complexity index is 464. The van der Waals surface area contributed by atoms with E-state index in [4.69, 9.17) is 5.11 Å². The largest absolute Gasteiger partial charge is 0.480 e. The maximum Gasteiger partial charge on any atom is 0.416 e. The van der Waals surface area contributed by atoms with Crippen molar-refractivity contribution < 1.29 is 23.1 Å². The summed E-state index contributed by atoms with van der Waals surface area (Å²) in [7, 11) is 0. The summed E-state index contributed by atoms with van der Waals surface area (Å²) < 4.78 is 37.6. The fraction of sp³-hybridized carbons (Fsp3) is 0.364. The van der Waals surface area contributed by atoms with Gasteiger partial charge in [-0.05, 0) is 17.7 Å². The second-order valence-corrected chi connectivity index (χ2v) is 5.03. The van der Waals surface area contributed by atoms with Gasteiger partial charge in [0.15, 0.2) is 0 Å². The van der Waals surface area contributed by atoms with Crippen LogP contribution < -0.4 is 5.32 Å². The molecule has 1 aliphatic rings. The highest BCUT2D eigenvalue weighted by Crippen LogP contribution is 2.36. The zero-order valence-electron chi connectivity index (χ0n) is 9.07. The third-order valence-electron chi connectivity index (χ3n) is 2.60. The van der Waals surface area contributed by atoms with Crippen molar-refractivity contribution in [2.24, 2.45) is 0 Å². The number of hydrogen-bond donors (Lipinski definition) is 2. The highest BCUT2D eigenvalue weighted by Gasteiger charge is 2.33. The summed E-state index contributed by atoms with van der Waals surface area (Å²) in [6, 6.07) is 4.22. The molecule has 1 aromatic carbocycles. The van der Waals surface area contributed by atoms with Gasteiger partial charge in [-0.15, -0.1) is 11.8 Å². The lowest BCUT2D eigenvalue weighted by Gasteiger charge is -2.13. The minimum absolute atomic E-state index is 0.343. The SMILES string of the molecule is O=C(O)C1CSC(c2cccc(C(F)(F)F)c2)N1. The molecule has 0 radical (unpaired) electrons. The van der Waals surface area contributed by atoms with Gasteiger partial charge in [0.25, 0.3) is 0 Å². The average Bonchev–Trinajstić information content (AvgIpc) is 2.77. The molecule has 0 aromatic heterocycles. The lowest BCUT2D eigenvalue weighted by atomic mass is 10.1. The van der Waals surface area contributed by atoms with Crippen LogP contribution in [0.3, 0.4) is 0 Å². The Morgan fingerprint density at radius 2 is 2.17 bits per heavy atom. The van der Waals surface area contributed by atoms with E-state index in [1.54, 1.807) is 6.07 Å². The number of halogens is 3. The molecule has 3 nitrogen and oxygen atoms in total. The Hall–Kier alpha value is -1.21. The molecule has 1 fully saturated rings. The van der Waals surface area contributed by atoms with Crippen LogP contribution in [0.15, 0.2) is 24.3 Å². The van der Waals surface area contributed by atoms with Gasteiger partial charge in [0, 0.05) is 5.75 Å². The van der Waals surface area contributed by atoms with Gasteiger partial charge < -0.3 is 5.11 Å². The smallest absolute Gasteiger partial charge is 0.416 e. The van der Waals surface area contributed by atoms with Crippen molar-refractivity contribution in [1.82, 2.24) is 5.32 Å². The predicted octanol–water partition coefficient (Wildman–Crippen LogP) is 2.49.